The van der Waals surface area contributed by atoms with Crippen molar-refractivity contribution in [2.45, 2.75) is 38.5 Å². The van der Waals surface area contributed by atoms with Gasteiger partial charge in [0, 0.05) is 19.6 Å². The zero-order valence-corrected chi connectivity index (χ0v) is 9.63. The molecule has 0 aliphatic rings. The minimum absolute atomic E-state index is 0.00870. The van der Waals surface area contributed by atoms with E-state index >= 15 is 0 Å². The van der Waals surface area contributed by atoms with Gasteiger partial charge in [-0.3, -0.25) is 0 Å². The van der Waals surface area contributed by atoms with Crippen LogP contribution in [0.5, 0.6) is 0 Å². The molecule has 4 nitrogen and oxygen atoms in total. The zero-order chi connectivity index (χ0) is 10.6. The van der Waals surface area contributed by atoms with E-state index in [1.807, 2.05) is 20.8 Å². The quantitative estimate of drug-likeness (QED) is 0.711. The van der Waals surface area contributed by atoms with Crippen molar-refractivity contribution in [3.8, 4) is 0 Å². The molecule has 0 spiro atoms. The highest BCUT2D eigenvalue weighted by atomic mass is 32.2. The van der Waals surface area contributed by atoms with Crippen molar-refractivity contribution < 1.29 is 8.42 Å². The van der Waals surface area contributed by atoms with Crippen molar-refractivity contribution in [2.24, 2.45) is 5.73 Å². The maximum Gasteiger partial charge on any atom is 0.218 e. The molecule has 0 aliphatic carbocycles. The largest absolute Gasteiger partial charge is 0.329 e. The highest BCUT2D eigenvalue weighted by Gasteiger charge is 2.28. The Morgan fingerprint density at radius 1 is 1.38 bits per heavy atom. The van der Waals surface area contributed by atoms with E-state index in [2.05, 4.69) is 0 Å². The monoisotopic (exact) mass is 208 g/mol. The Balaban J connectivity index is 4.74. The molecule has 13 heavy (non-hydrogen) atoms. The third kappa shape index (κ3) is 2.93. The summed E-state index contributed by atoms with van der Waals surface area (Å²) in [5.74, 6) is 0. The van der Waals surface area contributed by atoms with Crippen LogP contribution in [-0.4, -0.2) is 37.6 Å². The maximum atomic E-state index is 11.8. The minimum Gasteiger partial charge on any atom is -0.329 e. The molecule has 0 aliphatic heterocycles. The first-order valence-corrected chi connectivity index (χ1v) is 6.05. The van der Waals surface area contributed by atoms with Crippen LogP contribution in [0, 0.1) is 0 Å². The molecule has 0 aromatic carbocycles. The first-order chi connectivity index (χ1) is 5.87. The van der Waals surface area contributed by atoms with Gasteiger partial charge in [0.1, 0.15) is 0 Å². The number of nitrogens with zero attached hydrogens (tertiary/aromatic N) is 1. The van der Waals surface area contributed by atoms with E-state index in [1.54, 1.807) is 7.05 Å². The van der Waals surface area contributed by atoms with Crippen molar-refractivity contribution in [3.05, 3.63) is 0 Å². The van der Waals surface area contributed by atoms with Gasteiger partial charge in [0.15, 0.2) is 0 Å². The minimum atomic E-state index is -3.19. The van der Waals surface area contributed by atoms with Crippen LogP contribution in [-0.2, 0) is 10.0 Å². The Bertz CT molecular complexity index is 225. The van der Waals surface area contributed by atoms with E-state index in [9.17, 15) is 8.42 Å². The smallest absolute Gasteiger partial charge is 0.218 e. The summed E-state index contributed by atoms with van der Waals surface area (Å²) in [4.78, 5) is 0. The van der Waals surface area contributed by atoms with Crippen molar-refractivity contribution in [1.82, 2.24) is 4.31 Å². The van der Waals surface area contributed by atoms with Crippen molar-refractivity contribution in [3.63, 3.8) is 0 Å². The normalized spacial score (nSPS) is 15.3. The Labute approximate surface area is 81.2 Å². The molecular weight excluding hydrogens is 188 g/mol. The van der Waals surface area contributed by atoms with Crippen LogP contribution in [0.2, 0.25) is 0 Å². The highest BCUT2D eigenvalue weighted by Crippen LogP contribution is 2.12. The summed E-state index contributed by atoms with van der Waals surface area (Å²) in [6, 6.07) is -0.00870. The second-order valence-electron chi connectivity index (χ2n) is 3.42. The fourth-order valence-corrected chi connectivity index (χ4v) is 2.75. The van der Waals surface area contributed by atoms with Gasteiger partial charge in [0.2, 0.25) is 10.0 Å². The summed E-state index contributed by atoms with van der Waals surface area (Å²) in [7, 11) is -1.60. The maximum absolute atomic E-state index is 11.8. The van der Waals surface area contributed by atoms with E-state index in [1.165, 1.54) is 4.31 Å². The van der Waals surface area contributed by atoms with E-state index in [4.69, 9.17) is 5.73 Å². The van der Waals surface area contributed by atoms with Gasteiger partial charge in [0.25, 0.3) is 0 Å². The molecule has 0 fully saturated rings. The summed E-state index contributed by atoms with van der Waals surface area (Å²) in [6.07, 6.45) is 0.565. The second-order valence-corrected chi connectivity index (χ2v) is 5.69. The lowest BCUT2D eigenvalue weighted by Gasteiger charge is -2.25. The molecular formula is C8H20N2O2S. The summed E-state index contributed by atoms with van der Waals surface area (Å²) in [5.41, 5.74) is 5.40. The summed E-state index contributed by atoms with van der Waals surface area (Å²) in [6.45, 7) is 5.72. The van der Waals surface area contributed by atoms with Crippen molar-refractivity contribution in [1.29, 1.82) is 0 Å². The average molecular weight is 208 g/mol. The molecule has 0 radical (unpaired) electrons. The van der Waals surface area contributed by atoms with Crippen LogP contribution in [0.4, 0.5) is 0 Å². The van der Waals surface area contributed by atoms with Gasteiger partial charge in [-0.2, -0.15) is 0 Å². The molecule has 0 aromatic rings. The van der Waals surface area contributed by atoms with E-state index in [-0.39, 0.29) is 12.6 Å². The molecule has 0 aromatic heterocycles. The molecule has 0 amide bonds. The van der Waals surface area contributed by atoms with Gasteiger partial charge < -0.3 is 5.73 Å². The van der Waals surface area contributed by atoms with Gasteiger partial charge in [-0.05, 0) is 20.3 Å². The van der Waals surface area contributed by atoms with E-state index in [0.717, 1.165) is 0 Å². The molecule has 2 N–H and O–H groups in total. The summed E-state index contributed by atoms with van der Waals surface area (Å²) in [5, 5.41) is -0.445. The first kappa shape index (κ1) is 12.9. The third-order valence-corrected chi connectivity index (χ3v) is 4.86. The van der Waals surface area contributed by atoms with Gasteiger partial charge in [0.05, 0.1) is 5.25 Å². The molecule has 0 saturated heterocycles. The summed E-state index contributed by atoms with van der Waals surface area (Å²) < 4.78 is 24.9. The lowest BCUT2D eigenvalue weighted by Crippen LogP contribution is -2.42. The summed E-state index contributed by atoms with van der Waals surface area (Å²) >= 11 is 0. The molecule has 0 heterocycles. The van der Waals surface area contributed by atoms with Crippen LogP contribution in [0.15, 0.2) is 0 Å². The molecule has 1 unspecified atom stereocenters. The average Bonchev–Trinajstić information content (AvgIpc) is 2.04. The standard InChI is InChI=1S/C8H20N2O2S/c1-5-8(6-9)13(11,12)10(4)7(2)3/h7-8H,5-6,9H2,1-4H3. The zero-order valence-electron chi connectivity index (χ0n) is 8.82. The Morgan fingerprint density at radius 3 is 2.08 bits per heavy atom. The second kappa shape index (κ2) is 4.93. The fourth-order valence-electron chi connectivity index (χ4n) is 1.03. The van der Waals surface area contributed by atoms with E-state index in [0.29, 0.717) is 6.42 Å². The predicted molar refractivity (Wildman–Crippen MR) is 55.0 cm³/mol. The number of sulfonamides is 1. The third-order valence-electron chi connectivity index (χ3n) is 2.27. The van der Waals surface area contributed by atoms with Gasteiger partial charge in [-0.25, -0.2) is 12.7 Å². The molecule has 1 atom stereocenters. The fraction of sp³-hybridized carbons (Fsp3) is 1.00. The molecule has 0 rings (SSSR count). The Hall–Kier alpha value is -0.130. The molecule has 5 heteroatoms. The SMILES string of the molecule is CCC(CN)S(=O)(=O)N(C)C(C)C. The van der Waals surface area contributed by atoms with Gasteiger partial charge in [-0.1, -0.05) is 6.92 Å². The lowest BCUT2D eigenvalue weighted by atomic mass is 10.3. The Kier molecular flexibility index (Phi) is 4.88. The van der Waals surface area contributed by atoms with Crippen LogP contribution < -0.4 is 5.73 Å². The van der Waals surface area contributed by atoms with Crippen LogP contribution in [0.25, 0.3) is 0 Å². The number of nitrogens with two attached hydrogens (primary N) is 1. The number of rotatable bonds is 5. The van der Waals surface area contributed by atoms with E-state index < -0.39 is 15.3 Å². The van der Waals surface area contributed by atoms with Crippen molar-refractivity contribution >= 4 is 10.0 Å². The van der Waals surface area contributed by atoms with Crippen LogP contribution in [0.1, 0.15) is 27.2 Å². The Morgan fingerprint density at radius 2 is 1.85 bits per heavy atom. The number of hydrogen-bond donors (Lipinski definition) is 1. The van der Waals surface area contributed by atoms with Crippen LogP contribution in [0.3, 0.4) is 0 Å². The lowest BCUT2D eigenvalue weighted by molar-refractivity contribution is 0.402. The topological polar surface area (TPSA) is 63.4 Å². The first-order valence-electron chi connectivity index (χ1n) is 4.54. The number of hydrogen-bond acceptors (Lipinski definition) is 3. The van der Waals surface area contributed by atoms with Crippen LogP contribution >= 0.6 is 0 Å². The van der Waals surface area contributed by atoms with Gasteiger partial charge in [-0.15, -0.1) is 0 Å². The molecule has 0 bridgehead atoms. The predicted octanol–water partition coefficient (Wildman–Crippen LogP) is 0.394. The molecule has 80 valence electrons. The van der Waals surface area contributed by atoms with Crippen molar-refractivity contribution in [2.75, 3.05) is 13.6 Å². The molecule has 0 saturated carbocycles. The van der Waals surface area contributed by atoms with Gasteiger partial charge >= 0.3 is 0 Å². The highest BCUT2D eigenvalue weighted by molar-refractivity contribution is 7.89.